The van der Waals surface area contributed by atoms with Gasteiger partial charge in [-0.05, 0) is 31.5 Å². The monoisotopic (exact) mass is 328 g/mol. The topological polar surface area (TPSA) is 70.4 Å². The lowest BCUT2D eigenvalue weighted by Crippen LogP contribution is -2.56. The van der Waals surface area contributed by atoms with Crippen molar-refractivity contribution >= 4 is 21.6 Å². The molecule has 1 atom stereocenters. The number of rotatable bonds is 3. The fraction of sp³-hybridized carbons (Fsp3) is 0.500. The van der Waals surface area contributed by atoms with Gasteiger partial charge in [0.05, 0.1) is 24.3 Å². The van der Waals surface area contributed by atoms with E-state index in [1.165, 1.54) is 22.5 Å². The number of benzene rings is 1. The molecule has 1 aromatic rings. The lowest BCUT2D eigenvalue weighted by atomic mass is 9.99. The molecule has 114 valence electrons. The first-order valence-corrected chi connectivity index (χ1v) is 8.47. The van der Waals surface area contributed by atoms with Gasteiger partial charge >= 0.3 is 0 Å². The lowest BCUT2D eigenvalue weighted by Gasteiger charge is -2.42. The van der Waals surface area contributed by atoms with Crippen molar-refractivity contribution in [2.24, 2.45) is 0 Å². The highest BCUT2D eigenvalue weighted by Gasteiger charge is 2.42. The summed E-state index contributed by atoms with van der Waals surface area (Å²) in [5.74, 6) is 0. The molecule has 1 heterocycles. The number of hydrogen-bond acceptors (Lipinski definition) is 4. The van der Waals surface area contributed by atoms with E-state index < -0.39 is 15.6 Å². The van der Waals surface area contributed by atoms with Crippen molar-refractivity contribution in [2.75, 3.05) is 19.8 Å². The Labute approximate surface area is 130 Å². The molecule has 0 N–H and O–H groups in total. The number of nitrogens with zero attached hydrogens (tertiary/aromatic N) is 2. The first-order valence-electron chi connectivity index (χ1n) is 6.65. The molecular weight excluding hydrogens is 312 g/mol. The summed E-state index contributed by atoms with van der Waals surface area (Å²) in [5, 5.41) is 9.51. The van der Waals surface area contributed by atoms with Gasteiger partial charge in [-0.3, -0.25) is 0 Å². The molecule has 21 heavy (non-hydrogen) atoms. The minimum atomic E-state index is -3.77. The predicted molar refractivity (Wildman–Crippen MR) is 79.6 cm³/mol. The number of hydrogen-bond donors (Lipinski definition) is 0. The number of halogens is 1. The summed E-state index contributed by atoms with van der Waals surface area (Å²) < 4.78 is 32.7. The summed E-state index contributed by atoms with van der Waals surface area (Å²) >= 11 is 5.84. The summed E-state index contributed by atoms with van der Waals surface area (Å²) in [4.78, 5) is -0.00373. The van der Waals surface area contributed by atoms with Gasteiger partial charge in [-0.1, -0.05) is 18.5 Å². The third-order valence-electron chi connectivity index (χ3n) is 3.85. The molecule has 1 aliphatic rings. The SMILES string of the molecule is CC[C@]1(C)COCCN1S(=O)(=O)c1ccc(Cl)cc1C#N. The van der Waals surface area contributed by atoms with Crippen LogP contribution in [0.25, 0.3) is 0 Å². The van der Waals surface area contributed by atoms with Crippen molar-refractivity contribution in [3.8, 4) is 6.07 Å². The Kier molecular flexibility index (Phi) is 4.59. The molecule has 0 aliphatic carbocycles. The van der Waals surface area contributed by atoms with E-state index in [-0.39, 0.29) is 17.0 Å². The molecule has 0 amide bonds. The second-order valence-electron chi connectivity index (χ2n) is 5.23. The molecule has 1 aliphatic heterocycles. The van der Waals surface area contributed by atoms with Crippen LogP contribution in [0.1, 0.15) is 25.8 Å². The molecule has 7 heteroatoms. The Bertz CT molecular complexity index is 684. The summed E-state index contributed by atoms with van der Waals surface area (Å²) in [6.45, 7) is 4.75. The smallest absolute Gasteiger partial charge is 0.245 e. The Morgan fingerprint density at radius 3 is 2.86 bits per heavy atom. The van der Waals surface area contributed by atoms with E-state index >= 15 is 0 Å². The minimum absolute atomic E-state index is 0.00373. The van der Waals surface area contributed by atoms with E-state index in [1.807, 2.05) is 19.9 Å². The molecule has 2 rings (SSSR count). The molecule has 1 aromatic carbocycles. The number of morpholine rings is 1. The largest absolute Gasteiger partial charge is 0.378 e. The number of ether oxygens (including phenoxy) is 1. The Hall–Kier alpha value is -1.13. The normalized spacial score (nSPS) is 23.7. The van der Waals surface area contributed by atoms with Crippen molar-refractivity contribution in [1.29, 1.82) is 5.26 Å². The second kappa shape index (κ2) is 5.93. The van der Waals surface area contributed by atoms with E-state index in [1.54, 1.807) is 0 Å². The molecular formula is C14H17ClN2O3S. The van der Waals surface area contributed by atoms with E-state index in [4.69, 9.17) is 16.3 Å². The molecule has 0 unspecified atom stereocenters. The van der Waals surface area contributed by atoms with Crippen LogP contribution in [0.3, 0.4) is 0 Å². The zero-order valence-corrected chi connectivity index (χ0v) is 13.5. The maximum absolute atomic E-state index is 12.9. The van der Waals surface area contributed by atoms with Crippen LogP contribution in [-0.4, -0.2) is 38.0 Å². The molecule has 1 fully saturated rings. The van der Waals surface area contributed by atoms with Crippen LogP contribution in [0.4, 0.5) is 0 Å². The first-order chi connectivity index (χ1) is 9.85. The third-order valence-corrected chi connectivity index (χ3v) is 6.20. The van der Waals surface area contributed by atoms with E-state index in [0.29, 0.717) is 24.7 Å². The average molecular weight is 329 g/mol. The van der Waals surface area contributed by atoms with Gasteiger partial charge in [-0.2, -0.15) is 9.57 Å². The zero-order valence-electron chi connectivity index (χ0n) is 12.0. The molecule has 0 radical (unpaired) electrons. The number of sulfonamides is 1. The van der Waals surface area contributed by atoms with Gasteiger partial charge in [0.25, 0.3) is 0 Å². The third kappa shape index (κ3) is 2.92. The molecule has 0 aromatic heterocycles. The van der Waals surface area contributed by atoms with Crippen molar-refractivity contribution in [3.05, 3.63) is 28.8 Å². The van der Waals surface area contributed by atoms with Crippen LogP contribution >= 0.6 is 11.6 Å². The van der Waals surface area contributed by atoms with Crippen LogP contribution in [0.15, 0.2) is 23.1 Å². The molecule has 0 bridgehead atoms. The highest BCUT2D eigenvalue weighted by atomic mass is 35.5. The van der Waals surface area contributed by atoms with Gasteiger partial charge in [0.1, 0.15) is 11.0 Å². The summed E-state index contributed by atoms with van der Waals surface area (Å²) in [6, 6.07) is 6.15. The van der Waals surface area contributed by atoms with Gasteiger partial charge < -0.3 is 4.74 Å². The summed E-state index contributed by atoms with van der Waals surface area (Å²) in [6.07, 6.45) is 0.627. The standard InChI is InChI=1S/C14H17ClN2O3S/c1-3-14(2)10-20-7-6-17(14)21(18,19)13-5-4-12(15)8-11(13)9-16/h4-5,8H,3,6-7,10H2,1-2H3/t14-/m1/s1. The highest BCUT2D eigenvalue weighted by molar-refractivity contribution is 7.89. The molecule has 1 saturated heterocycles. The molecule has 0 spiro atoms. The molecule has 5 nitrogen and oxygen atoms in total. The van der Waals surface area contributed by atoms with Gasteiger partial charge in [-0.15, -0.1) is 0 Å². The first kappa shape index (κ1) is 16.2. The lowest BCUT2D eigenvalue weighted by molar-refractivity contribution is -0.0186. The maximum atomic E-state index is 12.9. The van der Waals surface area contributed by atoms with E-state index in [9.17, 15) is 13.7 Å². The fourth-order valence-corrected chi connectivity index (χ4v) is 4.51. The highest BCUT2D eigenvalue weighted by Crippen LogP contribution is 2.32. The predicted octanol–water partition coefficient (Wildman–Crippen LogP) is 2.40. The Morgan fingerprint density at radius 2 is 2.24 bits per heavy atom. The number of nitriles is 1. The molecule has 0 saturated carbocycles. The minimum Gasteiger partial charge on any atom is -0.378 e. The Morgan fingerprint density at radius 1 is 1.52 bits per heavy atom. The summed E-state index contributed by atoms with van der Waals surface area (Å²) in [7, 11) is -3.77. The Balaban J connectivity index is 2.54. The van der Waals surface area contributed by atoms with Crippen molar-refractivity contribution in [1.82, 2.24) is 4.31 Å². The maximum Gasteiger partial charge on any atom is 0.245 e. The van der Waals surface area contributed by atoms with Crippen LogP contribution in [0, 0.1) is 11.3 Å². The van der Waals surface area contributed by atoms with Crippen molar-refractivity contribution < 1.29 is 13.2 Å². The van der Waals surface area contributed by atoms with Crippen molar-refractivity contribution in [2.45, 2.75) is 30.7 Å². The van der Waals surface area contributed by atoms with E-state index in [2.05, 4.69) is 0 Å². The van der Waals surface area contributed by atoms with Gasteiger partial charge in [-0.25, -0.2) is 8.42 Å². The van der Waals surface area contributed by atoms with Crippen molar-refractivity contribution in [3.63, 3.8) is 0 Å². The average Bonchev–Trinajstić information content (AvgIpc) is 2.47. The van der Waals surface area contributed by atoms with Crippen LogP contribution in [-0.2, 0) is 14.8 Å². The van der Waals surface area contributed by atoms with Gasteiger partial charge in [0, 0.05) is 11.6 Å². The van der Waals surface area contributed by atoms with Gasteiger partial charge in [0.2, 0.25) is 10.0 Å². The van der Waals surface area contributed by atoms with E-state index in [0.717, 1.165) is 0 Å². The fourth-order valence-electron chi connectivity index (χ4n) is 2.40. The van der Waals surface area contributed by atoms with Crippen LogP contribution in [0.2, 0.25) is 5.02 Å². The van der Waals surface area contributed by atoms with Gasteiger partial charge in [0.15, 0.2) is 0 Å². The van der Waals surface area contributed by atoms with Crippen LogP contribution < -0.4 is 0 Å². The summed E-state index contributed by atoms with van der Waals surface area (Å²) in [5.41, 5.74) is -0.545. The second-order valence-corrected chi connectivity index (χ2v) is 7.50. The quantitative estimate of drug-likeness (QED) is 0.854. The van der Waals surface area contributed by atoms with Crippen LogP contribution in [0.5, 0.6) is 0 Å². The zero-order chi connectivity index (χ0) is 15.7.